The Bertz CT molecular complexity index is 1160. The molecule has 9 heteroatoms. The molecule has 2 aliphatic heterocycles. The van der Waals surface area contributed by atoms with Crippen molar-refractivity contribution in [2.24, 2.45) is 5.92 Å². The number of nitrogens with zero attached hydrogens (tertiary/aromatic N) is 3. The second-order valence-electron chi connectivity index (χ2n) is 9.61. The van der Waals surface area contributed by atoms with Crippen molar-refractivity contribution in [2.45, 2.75) is 56.9 Å². The molecule has 1 saturated carbocycles. The topological polar surface area (TPSA) is 100 Å². The molecular weight excluding hydrogens is 466 g/mol. The van der Waals surface area contributed by atoms with E-state index in [4.69, 9.17) is 4.74 Å². The number of aromatic hydroxyl groups is 1. The third-order valence-corrected chi connectivity index (χ3v) is 7.99. The van der Waals surface area contributed by atoms with Crippen molar-refractivity contribution >= 4 is 27.1 Å². The van der Waals surface area contributed by atoms with Gasteiger partial charge in [0.2, 0.25) is 5.91 Å². The molecule has 3 heterocycles. The molecule has 0 bridgehead atoms. The highest BCUT2D eigenvalue weighted by Crippen LogP contribution is 2.39. The van der Waals surface area contributed by atoms with Gasteiger partial charge in [-0.25, -0.2) is 13.4 Å². The second-order valence-corrected chi connectivity index (χ2v) is 11.5. The smallest absolute Gasteiger partial charge is 0.225 e. The Hall–Kier alpha value is -2.81. The summed E-state index contributed by atoms with van der Waals surface area (Å²) in [7, 11) is -3.34. The standard InChI is InChI=1S/C15H16N2O4S.C11H19NO/c1-10-7-11(9-16-15(10)22(2,19)20)17-5-6-21-14-4-3-12(18)8-13(14)17;13-11(12-8-4-5-9-12)10-6-2-1-3-7-10/h3-4,7-9,18H,5-6H2,1-2H3;10H,1-9H2. The summed E-state index contributed by atoms with van der Waals surface area (Å²) in [5.74, 6) is 1.66. The number of pyridine rings is 1. The summed E-state index contributed by atoms with van der Waals surface area (Å²) in [6.45, 7) is 4.86. The van der Waals surface area contributed by atoms with Crippen LogP contribution in [0.1, 0.15) is 50.5 Å². The fourth-order valence-corrected chi connectivity index (χ4v) is 5.99. The van der Waals surface area contributed by atoms with E-state index >= 15 is 0 Å². The summed E-state index contributed by atoms with van der Waals surface area (Å²) in [5.41, 5.74) is 2.09. The van der Waals surface area contributed by atoms with Crippen molar-refractivity contribution in [1.29, 1.82) is 0 Å². The van der Waals surface area contributed by atoms with E-state index in [1.807, 2.05) is 4.90 Å². The van der Waals surface area contributed by atoms with Crippen LogP contribution < -0.4 is 9.64 Å². The Morgan fingerprint density at radius 2 is 1.77 bits per heavy atom. The van der Waals surface area contributed by atoms with Crippen molar-refractivity contribution < 1.29 is 23.1 Å². The highest BCUT2D eigenvalue weighted by molar-refractivity contribution is 7.90. The number of phenols is 1. The van der Waals surface area contributed by atoms with E-state index < -0.39 is 9.84 Å². The molecule has 1 aromatic heterocycles. The molecule has 0 spiro atoms. The second kappa shape index (κ2) is 10.8. The number of amides is 1. The highest BCUT2D eigenvalue weighted by Gasteiger charge is 2.27. The van der Waals surface area contributed by atoms with Gasteiger partial charge >= 0.3 is 0 Å². The molecule has 1 aliphatic carbocycles. The monoisotopic (exact) mass is 501 g/mol. The van der Waals surface area contributed by atoms with Gasteiger partial charge in [0.05, 0.1) is 24.1 Å². The van der Waals surface area contributed by atoms with Crippen LogP contribution in [-0.4, -0.2) is 61.8 Å². The molecule has 1 amide bonds. The van der Waals surface area contributed by atoms with Crippen molar-refractivity contribution in [3.05, 3.63) is 36.0 Å². The van der Waals surface area contributed by atoms with Crippen molar-refractivity contribution in [3.8, 4) is 11.5 Å². The molecule has 5 rings (SSSR count). The molecule has 1 N–H and O–H groups in total. The lowest BCUT2D eigenvalue weighted by Crippen LogP contribution is -2.34. The highest BCUT2D eigenvalue weighted by atomic mass is 32.2. The number of fused-ring (bicyclic) bond motifs is 1. The fraction of sp³-hybridized carbons (Fsp3) is 0.538. The lowest BCUT2D eigenvalue weighted by Gasteiger charge is -2.31. The molecule has 2 fully saturated rings. The number of carbonyl (C=O) groups excluding carboxylic acids is 1. The number of phenolic OH excluding ortho intramolecular Hbond substituents is 1. The molecule has 35 heavy (non-hydrogen) atoms. The molecule has 8 nitrogen and oxygen atoms in total. The van der Waals surface area contributed by atoms with Crippen molar-refractivity contribution in [1.82, 2.24) is 9.88 Å². The molecule has 0 unspecified atom stereocenters. The van der Waals surface area contributed by atoms with Crippen LogP contribution in [0.4, 0.5) is 11.4 Å². The fourth-order valence-electron chi connectivity index (χ4n) is 5.10. The zero-order chi connectivity index (χ0) is 25.0. The Balaban J connectivity index is 0.000000189. The van der Waals surface area contributed by atoms with E-state index in [0.717, 1.165) is 43.6 Å². The van der Waals surface area contributed by atoms with Gasteiger partial charge in [0.15, 0.2) is 14.9 Å². The number of aryl methyl sites for hydroxylation is 1. The number of anilines is 2. The predicted octanol–water partition coefficient (Wildman–Crippen LogP) is 4.22. The van der Waals surface area contributed by atoms with E-state index in [1.165, 1.54) is 38.3 Å². The summed E-state index contributed by atoms with van der Waals surface area (Å²) in [4.78, 5) is 20.0. The molecule has 2 aromatic rings. The van der Waals surface area contributed by atoms with Gasteiger partial charge in [-0.3, -0.25) is 4.79 Å². The van der Waals surface area contributed by atoms with E-state index in [0.29, 0.717) is 36.3 Å². The quantitative estimate of drug-likeness (QED) is 0.672. The zero-order valence-electron chi connectivity index (χ0n) is 20.6. The third kappa shape index (κ3) is 6.07. The summed E-state index contributed by atoms with van der Waals surface area (Å²) in [5, 5.41) is 9.77. The average molecular weight is 502 g/mol. The molecule has 0 radical (unpaired) electrons. The van der Waals surface area contributed by atoms with Gasteiger partial charge in [-0.1, -0.05) is 19.3 Å². The summed E-state index contributed by atoms with van der Waals surface area (Å²) in [6, 6.07) is 6.68. The van der Waals surface area contributed by atoms with E-state index in [-0.39, 0.29) is 10.8 Å². The first-order valence-electron chi connectivity index (χ1n) is 12.4. The Morgan fingerprint density at radius 3 is 2.43 bits per heavy atom. The Morgan fingerprint density at radius 1 is 1.06 bits per heavy atom. The predicted molar refractivity (Wildman–Crippen MR) is 135 cm³/mol. The SMILES string of the molecule is Cc1cc(N2CCOc3ccc(O)cc32)cnc1S(C)(=O)=O.O=C(C1CCCCC1)N1CCCC1. The largest absolute Gasteiger partial charge is 0.508 e. The van der Waals surface area contributed by atoms with Gasteiger partial charge < -0.3 is 19.6 Å². The molecule has 3 aliphatic rings. The van der Waals surface area contributed by atoms with Gasteiger partial charge in [-0.05, 0) is 56.4 Å². The maximum atomic E-state index is 11.9. The van der Waals surface area contributed by atoms with Gasteiger partial charge in [0, 0.05) is 31.3 Å². The first-order chi connectivity index (χ1) is 16.7. The molecule has 190 valence electrons. The van der Waals surface area contributed by atoms with Gasteiger partial charge in [-0.15, -0.1) is 0 Å². The lowest BCUT2D eigenvalue weighted by atomic mass is 9.88. The Kier molecular flexibility index (Phi) is 7.84. The number of sulfone groups is 1. The lowest BCUT2D eigenvalue weighted by molar-refractivity contribution is -0.135. The van der Waals surface area contributed by atoms with Crippen LogP contribution in [0.2, 0.25) is 0 Å². The van der Waals surface area contributed by atoms with Gasteiger partial charge in [-0.2, -0.15) is 0 Å². The minimum absolute atomic E-state index is 0.0839. The summed E-state index contributed by atoms with van der Waals surface area (Å²) in [6.07, 6.45) is 11.3. The number of carbonyl (C=O) groups is 1. The van der Waals surface area contributed by atoms with Crippen LogP contribution in [0.3, 0.4) is 0 Å². The molecule has 1 saturated heterocycles. The van der Waals surface area contributed by atoms with Crippen LogP contribution >= 0.6 is 0 Å². The zero-order valence-corrected chi connectivity index (χ0v) is 21.4. The first-order valence-corrected chi connectivity index (χ1v) is 14.3. The number of rotatable bonds is 3. The minimum Gasteiger partial charge on any atom is -0.508 e. The molecule has 0 atom stereocenters. The Labute approximate surface area is 207 Å². The van der Waals surface area contributed by atoms with Crippen LogP contribution in [0.25, 0.3) is 0 Å². The summed E-state index contributed by atoms with van der Waals surface area (Å²) >= 11 is 0. The van der Waals surface area contributed by atoms with E-state index in [9.17, 15) is 18.3 Å². The number of likely N-dealkylation sites (tertiary alicyclic amines) is 1. The van der Waals surface area contributed by atoms with Gasteiger partial charge in [0.25, 0.3) is 0 Å². The van der Waals surface area contributed by atoms with Crippen LogP contribution in [0, 0.1) is 12.8 Å². The number of aromatic nitrogens is 1. The molecular formula is C26H35N3O5S. The third-order valence-electron chi connectivity index (χ3n) is 6.86. The minimum atomic E-state index is -3.34. The number of hydrogen-bond donors (Lipinski definition) is 1. The maximum Gasteiger partial charge on any atom is 0.225 e. The van der Waals surface area contributed by atoms with E-state index in [1.54, 1.807) is 31.2 Å². The maximum absolute atomic E-state index is 11.9. The van der Waals surface area contributed by atoms with Crippen LogP contribution in [0.5, 0.6) is 11.5 Å². The van der Waals surface area contributed by atoms with E-state index in [2.05, 4.69) is 9.88 Å². The van der Waals surface area contributed by atoms with Gasteiger partial charge in [0.1, 0.15) is 18.1 Å². The summed E-state index contributed by atoms with van der Waals surface area (Å²) < 4.78 is 28.9. The van der Waals surface area contributed by atoms with Crippen LogP contribution in [0.15, 0.2) is 35.5 Å². The molecule has 1 aromatic carbocycles. The number of benzene rings is 1. The first kappa shape index (κ1) is 25.3. The number of ether oxygens (including phenoxy) is 1. The normalized spacial score (nSPS) is 18.3. The average Bonchev–Trinajstić information content (AvgIpc) is 3.38. The number of hydrogen-bond acceptors (Lipinski definition) is 7. The van der Waals surface area contributed by atoms with Crippen molar-refractivity contribution in [3.63, 3.8) is 0 Å². The van der Waals surface area contributed by atoms with Crippen LogP contribution in [-0.2, 0) is 14.6 Å². The van der Waals surface area contributed by atoms with Crippen molar-refractivity contribution in [2.75, 3.05) is 37.4 Å².